The van der Waals surface area contributed by atoms with Gasteiger partial charge in [-0.05, 0) is 38.1 Å². The second kappa shape index (κ2) is 7.77. The van der Waals surface area contributed by atoms with Crippen molar-refractivity contribution in [3.05, 3.63) is 40.6 Å². The van der Waals surface area contributed by atoms with Gasteiger partial charge in [-0.25, -0.2) is 13.4 Å². The molecule has 0 radical (unpaired) electrons. The molecule has 1 aromatic carbocycles. The summed E-state index contributed by atoms with van der Waals surface area (Å²) in [7, 11) is -0.413. The maximum Gasteiger partial charge on any atom is 0.292 e. The molecule has 3 heterocycles. The number of anilines is 1. The van der Waals surface area contributed by atoms with E-state index in [0.717, 1.165) is 19.5 Å². The lowest BCUT2D eigenvalue weighted by atomic mass is 10.1. The first-order valence-corrected chi connectivity index (χ1v) is 11.4. The van der Waals surface area contributed by atoms with Crippen LogP contribution in [0.2, 0.25) is 0 Å². The van der Waals surface area contributed by atoms with Gasteiger partial charge in [0, 0.05) is 36.8 Å². The topological polar surface area (TPSA) is 115 Å². The molecule has 160 valence electrons. The SMILES string of the molecule is CCS(=O)(=O)Nc1cc(-c2cc(OC)c(=O)n(C)c2)c2oc(C3CCNC3)nc2c1. The summed E-state index contributed by atoms with van der Waals surface area (Å²) >= 11 is 0. The van der Waals surface area contributed by atoms with E-state index < -0.39 is 10.0 Å². The minimum Gasteiger partial charge on any atom is -0.491 e. The highest BCUT2D eigenvalue weighted by molar-refractivity contribution is 7.92. The lowest BCUT2D eigenvalue weighted by Crippen LogP contribution is -2.18. The van der Waals surface area contributed by atoms with Crippen molar-refractivity contribution >= 4 is 26.8 Å². The number of ether oxygens (including phenoxy) is 1. The Hall–Kier alpha value is -2.85. The fourth-order valence-electron chi connectivity index (χ4n) is 3.59. The fourth-order valence-corrected chi connectivity index (χ4v) is 4.21. The largest absolute Gasteiger partial charge is 0.491 e. The molecule has 2 N–H and O–H groups in total. The van der Waals surface area contributed by atoms with Crippen LogP contribution in [0.25, 0.3) is 22.2 Å². The zero-order valence-corrected chi connectivity index (χ0v) is 17.9. The Morgan fingerprint density at radius 3 is 2.83 bits per heavy atom. The zero-order chi connectivity index (χ0) is 21.5. The van der Waals surface area contributed by atoms with Crippen molar-refractivity contribution in [3.63, 3.8) is 0 Å². The second-order valence-electron chi connectivity index (χ2n) is 7.33. The molecule has 1 saturated heterocycles. The standard InChI is InChI=1S/C20H24N4O5S/c1-4-30(26,27)23-14-8-15(13-7-17(28-3)20(25)24(2)11-13)18-16(9-14)22-19(29-18)12-5-6-21-10-12/h7-9,11-12,21,23H,4-6,10H2,1-3H3. The van der Waals surface area contributed by atoms with E-state index in [2.05, 4.69) is 15.0 Å². The average molecular weight is 433 g/mol. The number of pyridine rings is 1. The lowest BCUT2D eigenvalue weighted by Gasteiger charge is -2.11. The Kier molecular flexibility index (Phi) is 5.29. The quantitative estimate of drug-likeness (QED) is 0.612. The van der Waals surface area contributed by atoms with Gasteiger partial charge in [0.1, 0.15) is 5.52 Å². The van der Waals surface area contributed by atoms with Gasteiger partial charge < -0.3 is 19.0 Å². The number of nitrogens with one attached hydrogen (secondary N) is 2. The molecule has 0 aliphatic carbocycles. The van der Waals surface area contributed by atoms with Gasteiger partial charge in [-0.3, -0.25) is 9.52 Å². The third-order valence-corrected chi connectivity index (χ3v) is 6.56. The second-order valence-corrected chi connectivity index (χ2v) is 9.34. The van der Waals surface area contributed by atoms with Gasteiger partial charge in [0.15, 0.2) is 17.2 Å². The van der Waals surface area contributed by atoms with E-state index >= 15 is 0 Å². The van der Waals surface area contributed by atoms with E-state index in [4.69, 9.17) is 9.15 Å². The normalized spacial score (nSPS) is 16.8. The minimum absolute atomic E-state index is 0.0498. The van der Waals surface area contributed by atoms with Crippen molar-refractivity contribution in [2.24, 2.45) is 7.05 Å². The highest BCUT2D eigenvalue weighted by Crippen LogP contribution is 2.36. The average Bonchev–Trinajstić information content (AvgIpc) is 3.38. The molecular formula is C20H24N4O5S. The first-order valence-electron chi connectivity index (χ1n) is 9.72. The molecular weight excluding hydrogens is 408 g/mol. The molecule has 10 heteroatoms. The number of hydrogen-bond acceptors (Lipinski definition) is 7. The first kappa shape index (κ1) is 20.4. The molecule has 0 amide bonds. The molecule has 0 saturated carbocycles. The number of fused-ring (bicyclic) bond motifs is 1. The van der Waals surface area contributed by atoms with Crippen molar-refractivity contribution in [3.8, 4) is 16.9 Å². The van der Waals surface area contributed by atoms with Crippen LogP contribution in [0.4, 0.5) is 5.69 Å². The molecule has 4 rings (SSSR count). The number of benzene rings is 1. The van der Waals surface area contributed by atoms with E-state index in [1.165, 1.54) is 11.7 Å². The molecule has 30 heavy (non-hydrogen) atoms. The van der Waals surface area contributed by atoms with Gasteiger partial charge >= 0.3 is 0 Å². The molecule has 1 aliphatic rings. The molecule has 0 bridgehead atoms. The molecule has 0 spiro atoms. The van der Waals surface area contributed by atoms with Gasteiger partial charge in [0.2, 0.25) is 10.0 Å². The summed E-state index contributed by atoms with van der Waals surface area (Å²) in [6.07, 6.45) is 2.59. The monoisotopic (exact) mass is 432 g/mol. The van der Waals surface area contributed by atoms with Crippen molar-refractivity contribution in [1.82, 2.24) is 14.9 Å². The number of methoxy groups -OCH3 is 1. The summed E-state index contributed by atoms with van der Waals surface area (Å²) in [6.45, 7) is 3.25. The minimum atomic E-state index is -3.47. The summed E-state index contributed by atoms with van der Waals surface area (Å²) in [5.74, 6) is 0.910. The molecule has 1 atom stereocenters. The maximum atomic E-state index is 12.2. The molecule has 1 aliphatic heterocycles. The smallest absolute Gasteiger partial charge is 0.292 e. The number of oxazole rings is 1. The van der Waals surface area contributed by atoms with Crippen molar-refractivity contribution in [1.29, 1.82) is 0 Å². The van der Waals surface area contributed by atoms with E-state index in [0.29, 0.717) is 33.8 Å². The molecule has 2 aromatic heterocycles. The summed E-state index contributed by atoms with van der Waals surface area (Å²) in [5, 5.41) is 3.29. The van der Waals surface area contributed by atoms with Crippen LogP contribution in [0, 0.1) is 0 Å². The predicted octanol–water partition coefficient (Wildman–Crippen LogP) is 2.04. The summed E-state index contributed by atoms with van der Waals surface area (Å²) < 4.78 is 39.6. The van der Waals surface area contributed by atoms with Crippen LogP contribution in [0.1, 0.15) is 25.2 Å². The van der Waals surface area contributed by atoms with Crippen molar-refractivity contribution < 1.29 is 17.6 Å². The Morgan fingerprint density at radius 1 is 1.37 bits per heavy atom. The van der Waals surface area contributed by atoms with E-state index in [1.54, 1.807) is 38.4 Å². The van der Waals surface area contributed by atoms with Gasteiger partial charge in [-0.15, -0.1) is 0 Å². The molecule has 3 aromatic rings. The highest BCUT2D eigenvalue weighted by atomic mass is 32.2. The first-order chi connectivity index (χ1) is 14.3. The van der Waals surface area contributed by atoms with Gasteiger partial charge in [-0.2, -0.15) is 0 Å². The third kappa shape index (κ3) is 3.80. The number of nitrogens with zero attached hydrogens (tertiary/aromatic N) is 2. The third-order valence-electron chi connectivity index (χ3n) is 5.25. The Bertz CT molecular complexity index is 1260. The highest BCUT2D eigenvalue weighted by Gasteiger charge is 2.24. The molecule has 1 unspecified atom stereocenters. The predicted molar refractivity (Wildman–Crippen MR) is 115 cm³/mol. The Morgan fingerprint density at radius 2 is 2.17 bits per heavy atom. The van der Waals surface area contributed by atoms with Crippen LogP contribution in [-0.2, 0) is 17.1 Å². The zero-order valence-electron chi connectivity index (χ0n) is 17.1. The van der Waals surface area contributed by atoms with Gasteiger partial charge in [0.05, 0.1) is 18.6 Å². The molecule has 9 nitrogen and oxygen atoms in total. The van der Waals surface area contributed by atoms with Crippen molar-refractivity contribution in [2.45, 2.75) is 19.3 Å². The number of rotatable bonds is 6. The number of sulfonamides is 1. The van der Waals surface area contributed by atoms with Crippen LogP contribution in [-0.4, -0.2) is 43.9 Å². The number of aromatic nitrogens is 2. The van der Waals surface area contributed by atoms with Crippen LogP contribution < -0.4 is 20.3 Å². The summed E-state index contributed by atoms with van der Waals surface area (Å²) in [4.78, 5) is 16.9. The Labute approximate surface area is 174 Å². The number of aryl methyl sites for hydroxylation is 1. The fraction of sp³-hybridized carbons (Fsp3) is 0.400. The maximum absolute atomic E-state index is 12.2. The van der Waals surface area contributed by atoms with Crippen LogP contribution in [0.5, 0.6) is 5.75 Å². The lowest BCUT2D eigenvalue weighted by molar-refractivity contribution is 0.405. The van der Waals surface area contributed by atoms with Gasteiger partial charge in [-0.1, -0.05) is 0 Å². The van der Waals surface area contributed by atoms with Gasteiger partial charge in [0.25, 0.3) is 5.56 Å². The Balaban J connectivity index is 1.93. The van der Waals surface area contributed by atoms with Crippen LogP contribution in [0.3, 0.4) is 0 Å². The van der Waals surface area contributed by atoms with Crippen LogP contribution in [0.15, 0.2) is 33.6 Å². The van der Waals surface area contributed by atoms with Crippen LogP contribution >= 0.6 is 0 Å². The summed E-state index contributed by atoms with van der Waals surface area (Å²) in [5.41, 5.74) is 2.49. The summed E-state index contributed by atoms with van der Waals surface area (Å²) in [6, 6.07) is 4.98. The van der Waals surface area contributed by atoms with E-state index in [-0.39, 0.29) is 23.0 Å². The molecule has 1 fully saturated rings. The van der Waals surface area contributed by atoms with E-state index in [1.807, 2.05) is 0 Å². The number of hydrogen-bond donors (Lipinski definition) is 2. The van der Waals surface area contributed by atoms with Crippen molar-refractivity contribution in [2.75, 3.05) is 30.7 Å². The van der Waals surface area contributed by atoms with E-state index in [9.17, 15) is 13.2 Å².